The predicted molar refractivity (Wildman–Crippen MR) is 72.4 cm³/mol. The van der Waals surface area contributed by atoms with Crippen LogP contribution >= 0.6 is 0 Å². The van der Waals surface area contributed by atoms with E-state index < -0.39 is 6.17 Å². The second-order valence-electron chi connectivity index (χ2n) is 5.08. The maximum Gasteiger partial charge on any atom is 0.137 e. The number of ether oxygens (including phenoxy) is 1. The van der Waals surface area contributed by atoms with E-state index in [-0.39, 0.29) is 6.10 Å². The summed E-state index contributed by atoms with van der Waals surface area (Å²) in [6, 6.07) is 8.45. The Hall–Kier alpha value is -1.31. The molecule has 0 amide bonds. The molecular weight excluding hydrogens is 227 g/mol. The molecule has 2 heteroatoms. The predicted octanol–water partition coefficient (Wildman–Crippen LogP) is 4.52. The fraction of sp³-hybridized carbons (Fsp3) is 0.500. The molecule has 18 heavy (non-hydrogen) atoms. The second-order valence-corrected chi connectivity index (χ2v) is 5.08. The zero-order valence-corrected chi connectivity index (χ0v) is 11.1. The SMILES string of the molecule is C/C=C/OC1CCC(c2ccc(C)cc2)CC1F. The average Bonchev–Trinajstić information content (AvgIpc) is 2.38. The Morgan fingerprint density at radius 1 is 1.22 bits per heavy atom. The number of alkyl halides is 1. The monoisotopic (exact) mass is 248 g/mol. The molecule has 0 N–H and O–H groups in total. The topological polar surface area (TPSA) is 9.23 Å². The fourth-order valence-corrected chi connectivity index (χ4v) is 2.56. The van der Waals surface area contributed by atoms with Gasteiger partial charge in [-0.1, -0.05) is 35.9 Å². The molecule has 1 aliphatic rings. The lowest BCUT2D eigenvalue weighted by atomic mass is 9.81. The van der Waals surface area contributed by atoms with Crippen molar-refractivity contribution in [2.45, 2.75) is 51.3 Å². The number of allylic oxidation sites excluding steroid dienone is 1. The van der Waals surface area contributed by atoms with Crippen LogP contribution in [0, 0.1) is 6.92 Å². The molecule has 98 valence electrons. The number of hydrogen-bond acceptors (Lipinski definition) is 1. The van der Waals surface area contributed by atoms with E-state index in [0.29, 0.717) is 12.3 Å². The van der Waals surface area contributed by atoms with Gasteiger partial charge in [0.2, 0.25) is 0 Å². The van der Waals surface area contributed by atoms with Crippen molar-refractivity contribution in [2.24, 2.45) is 0 Å². The molecular formula is C16H21FO. The molecule has 1 nitrogen and oxygen atoms in total. The van der Waals surface area contributed by atoms with Crippen LogP contribution < -0.4 is 0 Å². The third-order valence-electron chi connectivity index (χ3n) is 3.65. The summed E-state index contributed by atoms with van der Waals surface area (Å²) in [6.45, 7) is 3.95. The van der Waals surface area contributed by atoms with Gasteiger partial charge in [0.05, 0.1) is 6.26 Å². The lowest BCUT2D eigenvalue weighted by Crippen LogP contribution is -2.31. The van der Waals surface area contributed by atoms with Gasteiger partial charge in [-0.3, -0.25) is 0 Å². The molecule has 0 spiro atoms. The van der Waals surface area contributed by atoms with E-state index in [4.69, 9.17) is 4.74 Å². The van der Waals surface area contributed by atoms with Gasteiger partial charge in [0.25, 0.3) is 0 Å². The van der Waals surface area contributed by atoms with Crippen molar-refractivity contribution in [3.8, 4) is 0 Å². The molecule has 0 saturated heterocycles. The standard InChI is InChI=1S/C16H21FO/c1-3-10-18-16-9-8-14(11-15(16)17)13-6-4-12(2)5-7-13/h3-7,10,14-16H,8-9,11H2,1-2H3/b10-3+. The molecule has 1 aromatic rings. The maximum absolute atomic E-state index is 14.0. The van der Waals surface area contributed by atoms with Crippen LogP contribution in [0.4, 0.5) is 4.39 Å². The maximum atomic E-state index is 14.0. The normalized spacial score (nSPS) is 28.5. The van der Waals surface area contributed by atoms with Crippen molar-refractivity contribution in [3.05, 3.63) is 47.7 Å². The van der Waals surface area contributed by atoms with Crippen LogP contribution in [0.15, 0.2) is 36.6 Å². The summed E-state index contributed by atoms with van der Waals surface area (Å²) >= 11 is 0. The number of halogens is 1. The third kappa shape index (κ3) is 3.12. The van der Waals surface area contributed by atoms with Crippen LogP contribution in [0.2, 0.25) is 0 Å². The lowest BCUT2D eigenvalue weighted by Gasteiger charge is -2.31. The molecule has 0 bridgehead atoms. The number of aryl methyl sites for hydroxylation is 1. The minimum absolute atomic E-state index is 0.261. The van der Waals surface area contributed by atoms with Crippen LogP contribution in [0.1, 0.15) is 43.2 Å². The Labute approximate surface area is 109 Å². The van der Waals surface area contributed by atoms with Crippen LogP contribution in [0.3, 0.4) is 0 Å². The smallest absolute Gasteiger partial charge is 0.137 e. The summed E-state index contributed by atoms with van der Waals surface area (Å²) in [4.78, 5) is 0. The summed E-state index contributed by atoms with van der Waals surface area (Å²) in [6.07, 6.45) is 4.66. The first-order chi connectivity index (χ1) is 8.70. The van der Waals surface area contributed by atoms with Gasteiger partial charge in [-0.05, 0) is 44.6 Å². The zero-order valence-electron chi connectivity index (χ0n) is 11.1. The Morgan fingerprint density at radius 2 is 1.94 bits per heavy atom. The Balaban J connectivity index is 1.97. The molecule has 0 aromatic heterocycles. The van der Waals surface area contributed by atoms with Crippen molar-refractivity contribution in [1.82, 2.24) is 0 Å². The molecule has 2 rings (SSSR count). The minimum Gasteiger partial charge on any atom is -0.495 e. The van der Waals surface area contributed by atoms with E-state index in [1.165, 1.54) is 11.1 Å². The zero-order chi connectivity index (χ0) is 13.0. The highest BCUT2D eigenvalue weighted by Crippen LogP contribution is 2.35. The van der Waals surface area contributed by atoms with Crippen molar-refractivity contribution < 1.29 is 9.13 Å². The van der Waals surface area contributed by atoms with Crippen LogP contribution in [0.5, 0.6) is 0 Å². The molecule has 0 aliphatic heterocycles. The van der Waals surface area contributed by atoms with Gasteiger partial charge >= 0.3 is 0 Å². The first-order valence-electron chi connectivity index (χ1n) is 6.68. The van der Waals surface area contributed by atoms with Gasteiger partial charge in [0.1, 0.15) is 12.3 Å². The molecule has 0 radical (unpaired) electrons. The van der Waals surface area contributed by atoms with Gasteiger partial charge in [-0.25, -0.2) is 4.39 Å². The molecule has 1 aromatic carbocycles. The first kappa shape index (κ1) is 13.1. The molecule has 0 heterocycles. The van der Waals surface area contributed by atoms with Crippen LogP contribution in [0.25, 0.3) is 0 Å². The minimum atomic E-state index is -0.860. The van der Waals surface area contributed by atoms with Crippen LogP contribution in [-0.2, 0) is 4.74 Å². The Kier molecular flexibility index (Phi) is 4.40. The number of hydrogen-bond donors (Lipinski definition) is 0. The molecule has 3 unspecified atom stereocenters. The van der Waals surface area contributed by atoms with E-state index in [9.17, 15) is 4.39 Å². The highest BCUT2D eigenvalue weighted by atomic mass is 19.1. The quantitative estimate of drug-likeness (QED) is 0.715. The van der Waals surface area contributed by atoms with Gasteiger partial charge in [-0.2, -0.15) is 0 Å². The Morgan fingerprint density at radius 3 is 2.56 bits per heavy atom. The Bertz CT molecular complexity index is 396. The molecule has 3 atom stereocenters. The first-order valence-corrected chi connectivity index (χ1v) is 6.68. The highest BCUT2D eigenvalue weighted by Gasteiger charge is 2.31. The van der Waals surface area contributed by atoms with Crippen molar-refractivity contribution >= 4 is 0 Å². The number of benzene rings is 1. The second kappa shape index (κ2) is 6.03. The van der Waals surface area contributed by atoms with E-state index >= 15 is 0 Å². The van der Waals surface area contributed by atoms with Crippen molar-refractivity contribution in [3.63, 3.8) is 0 Å². The third-order valence-corrected chi connectivity index (χ3v) is 3.65. The summed E-state index contributed by atoms with van der Waals surface area (Å²) in [5.41, 5.74) is 2.51. The van der Waals surface area contributed by atoms with Crippen molar-refractivity contribution in [1.29, 1.82) is 0 Å². The summed E-state index contributed by atoms with van der Waals surface area (Å²) in [5, 5.41) is 0. The summed E-state index contributed by atoms with van der Waals surface area (Å²) < 4.78 is 19.4. The fourth-order valence-electron chi connectivity index (χ4n) is 2.56. The summed E-state index contributed by atoms with van der Waals surface area (Å²) in [7, 11) is 0. The molecule has 1 fully saturated rings. The van der Waals surface area contributed by atoms with Crippen molar-refractivity contribution in [2.75, 3.05) is 0 Å². The van der Waals surface area contributed by atoms with Gasteiger partial charge in [0.15, 0.2) is 0 Å². The molecule has 1 saturated carbocycles. The van der Waals surface area contributed by atoms with E-state index in [2.05, 4.69) is 31.2 Å². The van der Waals surface area contributed by atoms with Gasteiger partial charge in [0, 0.05) is 0 Å². The molecule has 1 aliphatic carbocycles. The van der Waals surface area contributed by atoms with Crippen LogP contribution in [-0.4, -0.2) is 12.3 Å². The van der Waals surface area contributed by atoms with E-state index in [1.54, 1.807) is 12.3 Å². The van der Waals surface area contributed by atoms with Gasteiger partial charge in [-0.15, -0.1) is 0 Å². The largest absolute Gasteiger partial charge is 0.495 e. The van der Waals surface area contributed by atoms with E-state index in [0.717, 1.165) is 12.8 Å². The average molecular weight is 248 g/mol. The highest BCUT2D eigenvalue weighted by molar-refractivity contribution is 5.25. The van der Waals surface area contributed by atoms with Gasteiger partial charge < -0.3 is 4.74 Å². The number of rotatable bonds is 3. The summed E-state index contributed by atoms with van der Waals surface area (Å²) in [5.74, 6) is 0.339. The van der Waals surface area contributed by atoms with E-state index in [1.807, 2.05) is 6.92 Å². The lowest BCUT2D eigenvalue weighted by molar-refractivity contribution is 0.0236.